The fourth-order valence-electron chi connectivity index (χ4n) is 5.66. The zero-order valence-corrected chi connectivity index (χ0v) is 36.2. The molecule has 3 N–H and O–H groups in total. The maximum absolute atomic E-state index is 12.6. The summed E-state index contributed by atoms with van der Waals surface area (Å²) < 4.78 is 32.7. The standard InChI is InChI=1S/C46H80NO8P/c1-3-5-7-9-11-13-15-17-19-21-22-23-25-26-28-30-32-34-36-38-45(48)52-42-44(43-54-56(50,51)53-41-40-47)55-46(49)39-37-35-33-31-29-27-24-20-18-16-14-12-10-8-6-4-2/h5,7,11,13,17,19,22-23,26,28,32,34,44H,3-4,6,8-10,12,14-16,18,20-21,24-25,27,29-31,33,35-43,47H2,1-2H3,(H,50,51)/b7-5-,13-11-,19-17-,23-22-,28-26-,34-32-/t44-/m1/s1. The Morgan fingerprint density at radius 1 is 0.554 bits per heavy atom. The van der Waals surface area contributed by atoms with Crippen LogP contribution in [0.4, 0.5) is 0 Å². The van der Waals surface area contributed by atoms with Gasteiger partial charge in [0.2, 0.25) is 0 Å². The first kappa shape index (κ1) is 53.5. The fourth-order valence-corrected chi connectivity index (χ4v) is 6.43. The Bertz CT molecular complexity index is 1150. The predicted molar refractivity (Wildman–Crippen MR) is 233 cm³/mol. The summed E-state index contributed by atoms with van der Waals surface area (Å²) in [6.07, 6.45) is 50.9. The van der Waals surface area contributed by atoms with Crippen molar-refractivity contribution in [3.63, 3.8) is 0 Å². The summed E-state index contributed by atoms with van der Waals surface area (Å²) in [7, 11) is -4.39. The van der Waals surface area contributed by atoms with Gasteiger partial charge in [-0.2, -0.15) is 0 Å². The molecule has 0 saturated heterocycles. The number of phosphoric ester groups is 1. The van der Waals surface area contributed by atoms with E-state index < -0.39 is 32.5 Å². The zero-order valence-electron chi connectivity index (χ0n) is 35.3. The van der Waals surface area contributed by atoms with Gasteiger partial charge in [0.05, 0.1) is 13.2 Å². The number of carbonyl (C=O) groups excluding carboxylic acids is 2. The van der Waals surface area contributed by atoms with Crippen molar-refractivity contribution in [2.24, 2.45) is 5.73 Å². The molecule has 1 unspecified atom stereocenters. The number of hydrogen-bond acceptors (Lipinski definition) is 8. The van der Waals surface area contributed by atoms with Crippen molar-refractivity contribution in [3.8, 4) is 0 Å². The second kappa shape index (κ2) is 42.1. The second-order valence-corrected chi connectivity index (χ2v) is 15.6. The van der Waals surface area contributed by atoms with Crippen LogP contribution in [0.25, 0.3) is 0 Å². The van der Waals surface area contributed by atoms with Gasteiger partial charge in [-0.3, -0.25) is 18.6 Å². The van der Waals surface area contributed by atoms with Gasteiger partial charge in [-0.1, -0.05) is 183 Å². The van der Waals surface area contributed by atoms with E-state index >= 15 is 0 Å². The number of ether oxygens (including phenoxy) is 2. The van der Waals surface area contributed by atoms with Gasteiger partial charge in [-0.05, 0) is 51.4 Å². The molecule has 9 nitrogen and oxygen atoms in total. The quantitative estimate of drug-likeness (QED) is 0.0268. The Morgan fingerprint density at radius 3 is 1.43 bits per heavy atom. The number of esters is 2. The molecular formula is C46H80NO8P. The van der Waals surface area contributed by atoms with Crippen LogP contribution in [0.5, 0.6) is 0 Å². The molecule has 10 heteroatoms. The van der Waals surface area contributed by atoms with E-state index in [0.717, 1.165) is 57.8 Å². The van der Waals surface area contributed by atoms with Crippen molar-refractivity contribution in [1.29, 1.82) is 0 Å². The number of phosphoric acid groups is 1. The molecule has 0 fully saturated rings. The van der Waals surface area contributed by atoms with Crippen LogP contribution in [0.3, 0.4) is 0 Å². The fraction of sp³-hybridized carbons (Fsp3) is 0.696. The zero-order chi connectivity index (χ0) is 41.1. The van der Waals surface area contributed by atoms with E-state index in [9.17, 15) is 19.0 Å². The first-order valence-corrected chi connectivity index (χ1v) is 23.4. The molecule has 0 radical (unpaired) electrons. The Morgan fingerprint density at radius 2 is 0.982 bits per heavy atom. The first-order chi connectivity index (χ1) is 27.3. The summed E-state index contributed by atoms with van der Waals surface area (Å²) in [6, 6.07) is 0. The summed E-state index contributed by atoms with van der Waals surface area (Å²) in [5.41, 5.74) is 5.34. The molecule has 0 spiro atoms. The number of nitrogens with two attached hydrogens (primary N) is 1. The summed E-state index contributed by atoms with van der Waals surface area (Å²) >= 11 is 0. The molecule has 0 rings (SSSR count). The molecule has 56 heavy (non-hydrogen) atoms. The van der Waals surface area contributed by atoms with E-state index in [0.29, 0.717) is 12.8 Å². The van der Waals surface area contributed by atoms with Crippen molar-refractivity contribution in [2.75, 3.05) is 26.4 Å². The summed E-state index contributed by atoms with van der Waals surface area (Å²) in [6.45, 7) is 3.53. The number of rotatable bonds is 40. The lowest BCUT2D eigenvalue weighted by Gasteiger charge is -2.19. The SMILES string of the molecule is CC/C=C\C/C=C\C/C=C\C/C=C\C/C=C\C/C=C\CCC(=O)OC[C@H](COP(=O)(O)OCCN)OC(=O)CCCCCCCCCCCCCCCCCC. The highest BCUT2D eigenvalue weighted by atomic mass is 31.2. The smallest absolute Gasteiger partial charge is 0.462 e. The molecule has 0 aromatic heterocycles. The third-order valence-electron chi connectivity index (χ3n) is 8.87. The molecule has 0 aliphatic heterocycles. The summed E-state index contributed by atoms with van der Waals surface area (Å²) in [5, 5.41) is 0. The Kier molecular flexibility index (Phi) is 40.2. The molecule has 0 heterocycles. The van der Waals surface area contributed by atoms with Gasteiger partial charge in [0.25, 0.3) is 0 Å². The van der Waals surface area contributed by atoms with Crippen LogP contribution in [0.1, 0.15) is 174 Å². The van der Waals surface area contributed by atoms with Crippen LogP contribution in [0.2, 0.25) is 0 Å². The third kappa shape index (κ3) is 41.1. The van der Waals surface area contributed by atoms with Crippen molar-refractivity contribution in [3.05, 3.63) is 72.9 Å². The number of allylic oxidation sites excluding steroid dienone is 12. The highest BCUT2D eigenvalue weighted by molar-refractivity contribution is 7.47. The van der Waals surface area contributed by atoms with Gasteiger partial charge in [-0.25, -0.2) is 4.57 Å². The maximum Gasteiger partial charge on any atom is 0.472 e. The van der Waals surface area contributed by atoms with Gasteiger partial charge in [-0.15, -0.1) is 0 Å². The molecule has 322 valence electrons. The molecule has 0 amide bonds. The average molecular weight is 806 g/mol. The summed E-state index contributed by atoms with van der Waals surface area (Å²) in [5.74, 6) is -0.927. The second-order valence-electron chi connectivity index (χ2n) is 14.2. The van der Waals surface area contributed by atoms with Gasteiger partial charge in [0.15, 0.2) is 6.10 Å². The lowest BCUT2D eigenvalue weighted by atomic mass is 10.0. The van der Waals surface area contributed by atoms with Crippen LogP contribution >= 0.6 is 7.82 Å². The lowest BCUT2D eigenvalue weighted by Crippen LogP contribution is -2.29. The van der Waals surface area contributed by atoms with Gasteiger partial charge < -0.3 is 20.1 Å². The van der Waals surface area contributed by atoms with Crippen molar-refractivity contribution in [1.82, 2.24) is 0 Å². The van der Waals surface area contributed by atoms with Crippen LogP contribution in [0.15, 0.2) is 72.9 Å². The Hall–Kier alpha value is -2.55. The van der Waals surface area contributed by atoms with Gasteiger partial charge in [0.1, 0.15) is 6.61 Å². The Labute approximate surface area is 341 Å². The van der Waals surface area contributed by atoms with Crippen molar-refractivity contribution in [2.45, 2.75) is 180 Å². The monoisotopic (exact) mass is 806 g/mol. The van der Waals surface area contributed by atoms with Crippen LogP contribution < -0.4 is 5.73 Å². The molecule has 0 saturated carbocycles. The average Bonchev–Trinajstić information content (AvgIpc) is 3.18. The van der Waals surface area contributed by atoms with E-state index in [4.69, 9.17) is 24.3 Å². The number of hydrogen-bond donors (Lipinski definition) is 2. The molecule has 2 atom stereocenters. The molecule has 0 bridgehead atoms. The molecular weight excluding hydrogens is 725 g/mol. The normalized spacial score (nSPS) is 14.0. The molecule has 0 aromatic carbocycles. The molecule has 0 aliphatic rings. The minimum Gasteiger partial charge on any atom is -0.462 e. The minimum absolute atomic E-state index is 0.0417. The number of carbonyl (C=O) groups is 2. The van der Waals surface area contributed by atoms with E-state index in [1.165, 1.54) is 77.0 Å². The predicted octanol–water partition coefficient (Wildman–Crippen LogP) is 12.7. The third-order valence-corrected chi connectivity index (χ3v) is 9.85. The minimum atomic E-state index is -4.39. The maximum atomic E-state index is 12.6. The Balaban J connectivity index is 4.27. The largest absolute Gasteiger partial charge is 0.472 e. The highest BCUT2D eigenvalue weighted by Gasteiger charge is 2.25. The van der Waals surface area contributed by atoms with E-state index in [1.807, 2.05) is 12.2 Å². The first-order valence-electron chi connectivity index (χ1n) is 21.9. The van der Waals surface area contributed by atoms with Crippen LogP contribution in [0, 0.1) is 0 Å². The van der Waals surface area contributed by atoms with E-state index in [1.54, 1.807) is 0 Å². The van der Waals surface area contributed by atoms with E-state index in [-0.39, 0.29) is 32.6 Å². The summed E-state index contributed by atoms with van der Waals surface area (Å²) in [4.78, 5) is 34.8. The van der Waals surface area contributed by atoms with Crippen LogP contribution in [-0.4, -0.2) is 49.3 Å². The van der Waals surface area contributed by atoms with Gasteiger partial charge in [0, 0.05) is 19.4 Å². The van der Waals surface area contributed by atoms with Crippen LogP contribution in [-0.2, 0) is 32.7 Å². The number of unbranched alkanes of at least 4 members (excludes halogenated alkanes) is 15. The topological polar surface area (TPSA) is 134 Å². The molecule has 0 aliphatic carbocycles. The molecule has 0 aromatic rings. The van der Waals surface area contributed by atoms with Crippen molar-refractivity contribution < 1.29 is 37.6 Å². The van der Waals surface area contributed by atoms with E-state index in [2.05, 4.69) is 74.6 Å². The lowest BCUT2D eigenvalue weighted by molar-refractivity contribution is -0.161. The highest BCUT2D eigenvalue weighted by Crippen LogP contribution is 2.43. The van der Waals surface area contributed by atoms with Gasteiger partial charge >= 0.3 is 19.8 Å². The van der Waals surface area contributed by atoms with Crippen molar-refractivity contribution >= 4 is 19.8 Å².